The maximum Gasteiger partial charge on any atom is 0.241 e. The molecule has 0 aliphatic heterocycles. The third kappa shape index (κ3) is 4.05. The van der Waals surface area contributed by atoms with E-state index in [1.165, 1.54) is 19.3 Å². The molecule has 4 heteroatoms. The van der Waals surface area contributed by atoms with Crippen molar-refractivity contribution in [2.24, 2.45) is 11.7 Å². The van der Waals surface area contributed by atoms with Crippen molar-refractivity contribution in [3.05, 3.63) is 29.8 Å². The summed E-state index contributed by atoms with van der Waals surface area (Å²) in [5.41, 5.74) is 7.52. The molecule has 1 aromatic carbocycles. The molecule has 4 nitrogen and oxygen atoms in total. The van der Waals surface area contributed by atoms with Gasteiger partial charge in [-0.2, -0.15) is 0 Å². The Morgan fingerprint density at radius 2 is 2.14 bits per heavy atom. The molecule has 0 heterocycles. The summed E-state index contributed by atoms with van der Waals surface area (Å²) in [6.45, 7) is 6.48. The molecule has 0 radical (unpaired) electrons. The van der Waals surface area contributed by atoms with E-state index in [0.29, 0.717) is 6.54 Å². The van der Waals surface area contributed by atoms with Gasteiger partial charge in [-0.3, -0.25) is 9.69 Å². The van der Waals surface area contributed by atoms with Gasteiger partial charge in [-0.05, 0) is 43.9 Å². The molecule has 1 atom stereocenters. The standard InChI is InChI=1S/C17H27N3O/c1-3-20(12-14-7-6-8-14)13(2)17(21)19-16-10-5-4-9-15(16)11-18/h4-5,9-10,13-14H,3,6-8,11-12,18H2,1-2H3,(H,19,21). The Morgan fingerprint density at radius 3 is 2.71 bits per heavy atom. The summed E-state index contributed by atoms with van der Waals surface area (Å²) in [5.74, 6) is 0.827. The number of nitrogens with zero attached hydrogens (tertiary/aromatic N) is 1. The van der Waals surface area contributed by atoms with Crippen LogP contribution in [-0.4, -0.2) is 29.9 Å². The number of para-hydroxylation sites is 1. The third-order valence-electron chi connectivity index (χ3n) is 4.55. The average Bonchev–Trinajstić information content (AvgIpc) is 2.46. The SMILES string of the molecule is CCN(CC1CCC1)C(C)C(=O)Nc1ccccc1CN. The van der Waals surface area contributed by atoms with Gasteiger partial charge < -0.3 is 11.1 Å². The number of benzene rings is 1. The minimum absolute atomic E-state index is 0.0528. The minimum atomic E-state index is -0.110. The molecule has 0 aromatic heterocycles. The zero-order chi connectivity index (χ0) is 15.2. The van der Waals surface area contributed by atoms with Crippen LogP contribution in [0, 0.1) is 5.92 Å². The highest BCUT2D eigenvalue weighted by atomic mass is 16.2. The zero-order valence-corrected chi connectivity index (χ0v) is 13.1. The van der Waals surface area contributed by atoms with Gasteiger partial charge >= 0.3 is 0 Å². The summed E-state index contributed by atoms with van der Waals surface area (Å²) < 4.78 is 0. The van der Waals surface area contributed by atoms with Crippen LogP contribution in [-0.2, 0) is 11.3 Å². The number of anilines is 1. The van der Waals surface area contributed by atoms with Crippen LogP contribution in [0.2, 0.25) is 0 Å². The fourth-order valence-electron chi connectivity index (χ4n) is 2.79. The number of amides is 1. The van der Waals surface area contributed by atoms with Crippen molar-refractivity contribution in [3.63, 3.8) is 0 Å². The lowest BCUT2D eigenvalue weighted by molar-refractivity contribution is -0.121. The second-order valence-electron chi connectivity index (χ2n) is 5.91. The molecule has 1 aromatic rings. The molecule has 1 unspecified atom stereocenters. The fourth-order valence-corrected chi connectivity index (χ4v) is 2.79. The number of nitrogens with one attached hydrogen (secondary N) is 1. The van der Waals surface area contributed by atoms with Crippen LogP contribution < -0.4 is 11.1 Å². The lowest BCUT2D eigenvalue weighted by Crippen LogP contribution is -2.45. The number of nitrogens with two attached hydrogens (primary N) is 1. The van der Waals surface area contributed by atoms with E-state index in [-0.39, 0.29) is 11.9 Å². The van der Waals surface area contributed by atoms with Crippen LogP contribution in [0.3, 0.4) is 0 Å². The third-order valence-corrected chi connectivity index (χ3v) is 4.55. The summed E-state index contributed by atoms with van der Waals surface area (Å²) in [5, 5.41) is 3.02. The van der Waals surface area contributed by atoms with Crippen LogP contribution in [0.4, 0.5) is 5.69 Å². The van der Waals surface area contributed by atoms with Crippen molar-refractivity contribution in [1.82, 2.24) is 4.90 Å². The fraction of sp³-hybridized carbons (Fsp3) is 0.588. The van der Waals surface area contributed by atoms with Crippen LogP contribution in [0.15, 0.2) is 24.3 Å². The van der Waals surface area contributed by atoms with E-state index in [1.54, 1.807) is 0 Å². The average molecular weight is 289 g/mol. The lowest BCUT2D eigenvalue weighted by atomic mass is 9.85. The number of carbonyl (C=O) groups excluding carboxylic acids is 1. The molecule has 3 N–H and O–H groups in total. The monoisotopic (exact) mass is 289 g/mol. The Bertz CT molecular complexity index is 471. The number of carbonyl (C=O) groups is 1. The second-order valence-corrected chi connectivity index (χ2v) is 5.91. The molecule has 1 aliphatic rings. The van der Waals surface area contributed by atoms with E-state index in [1.807, 2.05) is 31.2 Å². The highest BCUT2D eigenvalue weighted by molar-refractivity contribution is 5.95. The largest absolute Gasteiger partial charge is 0.326 e. The van der Waals surface area contributed by atoms with E-state index in [2.05, 4.69) is 17.1 Å². The van der Waals surface area contributed by atoms with Gasteiger partial charge in [0.15, 0.2) is 0 Å². The molecule has 2 rings (SSSR count). The van der Waals surface area contributed by atoms with Crippen molar-refractivity contribution in [2.75, 3.05) is 18.4 Å². The van der Waals surface area contributed by atoms with Gasteiger partial charge in [-0.1, -0.05) is 31.5 Å². The summed E-state index contributed by atoms with van der Waals surface area (Å²) in [4.78, 5) is 14.7. The van der Waals surface area contributed by atoms with E-state index in [4.69, 9.17) is 5.73 Å². The van der Waals surface area contributed by atoms with Gasteiger partial charge in [0.05, 0.1) is 6.04 Å². The second kappa shape index (κ2) is 7.57. The molecular weight excluding hydrogens is 262 g/mol. The summed E-state index contributed by atoms with van der Waals surface area (Å²) in [6, 6.07) is 7.62. The lowest BCUT2D eigenvalue weighted by Gasteiger charge is -2.34. The summed E-state index contributed by atoms with van der Waals surface area (Å²) in [6.07, 6.45) is 3.95. The van der Waals surface area contributed by atoms with E-state index >= 15 is 0 Å². The highest BCUT2D eigenvalue weighted by Gasteiger charge is 2.26. The molecular formula is C17H27N3O. The van der Waals surface area contributed by atoms with E-state index in [0.717, 1.165) is 30.3 Å². The first-order valence-electron chi connectivity index (χ1n) is 7.98. The van der Waals surface area contributed by atoms with Gasteiger partial charge in [-0.25, -0.2) is 0 Å². The van der Waals surface area contributed by atoms with Gasteiger partial charge in [0.2, 0.25) is 5.91 Å². The molecule has 0 bridgehead atoms. The normalized spacial score (nSPS) is 16.6. The Balaban J connectivity index is 1.97. The Morgan fingerprint density at radius 1 is 1.43 bits per heavy atom. The molecule has 0 spiro atoms. The predicted molar refractivity (Wildman–Crippen MR) is 87.0 cm³/mol. The Labute approximate surface area is 127 Å². The Kier molecular flexibility index (Phi) is 5.76. The summed E-state index contributed by atoms with van der Waals surface area (Å²) in [7, 11) is 0. The van der Waals surface area contributed by atoms with Crippen molar-refractivity contribution >= 4 is 11.6 Å². The first-order chi connectivity index (χ1) is 10.2. The maximum atomic E-state index is 12.5. The summed E-state index contributed by atoms with van der Waals surface area (Å²) >= 11 is 0. The van der Waals surface area contributed by atoms with Crippen molar-refractivity contribution in [1.29, 1.82) is 0 Å². The molecule has 116 valence electrons. The highest BCUT2D eigenvalue weighted by Crippen LogP contribution is 2.27. The van der Waals surface area contributed by atoms with Gasteiger partial charge in [0.1, 0.15) is 0 Å². The van der Waals surface area contributed by atoms with Crippen LogP contribution >= 0.6 is 0 Å². The van der Waals surface area contributed by atoms with Gasteiger partial charge in [0.25, 0.3) is 0 Å². The molecule has 0 saturated heterocycles. The molecule has 1 amide bonds. The molecule has 1 fully saturated rings. The maximum absolute atomic E-state index is 12.5. The first-order valence-corrected chi connectivity index (χ1v) is 7.98. The van der Waals surface area contributed by atoms with Crippen LogP contribution in [0.5, 0.6) is 0 Å². The number of hydrogen-bond donors (Lipinski definition) is 2. The van der Waals surface area contributed by atoms with E-state index in [9.17, 15) is 4.79 Å². The first kappa shape index (κ1) is 16.0. The number of hydrogen-bond acceptors (Lipinski definition) is 3. The molecule has 1 saturated carbocycles. The van der Waals surface area contributed by atoms with Crippen molar-refractivity contribution in [3.8, 4) is 0 Å². The zero-order valence-electron chi connectivity index (χ0n) is 13.1. The Hall–Kier alpha value is -1.39. The van der Waals surface area contributed by atoms with Crippen LogP contribution in [0.25, 0.3) is 0 Å². The predicted octanol–water partition coefficient (Wildman–Crippen LogP) is 2.59. The number of likely N-dealkylation sites (N-methyl/N-ethyl adjacent to an activating group) is 1. The van der Waals surface area contributed by atoms with Gasteiger partial charge in [-0.15, -0.1) is 0 Å². The van der Waals surface area contributed by atoms with Crippen LogP contribution in [0.1, 0.15) is 38.7 Å². The van der Waals surface area contributed by atoms with Gasteiger partial charge in [0, 0.05) is 18.8 Å². The molecule has 1 aliphatic carbocycles. The van der Waals surface area contributed by atoms with Crippen molar-refractivity contribution < 1.29 is 4.79 Å². The topological polar surface area (TPSA) is 58.4 Å². The smallest absolute Gasteiger partial charge is 0.241 e. The molecule has 21 heavy (non-hydrogen) atoms. The quantitative estimate of drug-likeness (QED) is 0.811. The van der Waals surface area contributed by atoms with Crippen molar-refractivity contribution in [2.45, 2.75) is 45.7 Å². The minimum Gasteiger partial charge on any atom is -0.326 e. The number of rotatable bonds is 7. The van der Waals surface area contributed by atoms with E-state index < -0.39 is 0 Å².